The van der Waals surface area contributed by atoms with Gasteiger partial charge in [0.25, 0.3) is 0 Å². The molecule has 0 aromatic rings. The summed E-state index contributed by atoms with van der Waals surface area (Å²) in [6, 6.07) is 0. The van der Waals surface area contributed by atoms with Crippen LogP contribution in [0.3, 0.4) is 0 Å². The summed E-state index contributed by atoms with van der Waals surface area (Å²) >= 11 is 0. The molecule has 0 spiro atoms. The molecule has 124 valence electrons. The van der Waals surface area contributed by atoms with Crippen molar-refractivity contribution in [3.63, 3.8) is 0 Å². The SMILES string of the molecule is CCCCCCCCC(=O)NC[C@@H]1COCC[C@@H](OC)C1. The molecule has 4 heteroatoms. The molecular formula is C17H33NO3. The number of amides is 1. The predicted octanol–water partition coefficient (Wildman–Crippen LogP) is 3.29. The maximum atomic E-state index is 11.8. The van der Waals surface area contributed by atoms with Crippen LogP contribution in [0.1, 0.15) is 64.7 Å². The molecule has 0 saturated carbocycles. The van der Waals surface area contributed by atoms with Crippen molar-refractivity contribution in [1.29, 1.82) is 0 Å². The van der Waals surface area contributed by atoms with Gasteiger partial charge in [0.05, 0.1) is 12.7 Å². The summed E-state index contributed by atoms with van der Waals surface area (Å²) in [5.74, 6) is 0.564. The highest BCUT2D eigenvalue weighted by Gasteiger charge is 2.20. The third-order valence-electron chi connectivity index (χ3n) is 4.21. The van der Waals surface area contributed by atoms with E-state index in [-0.39, 0.29) is 12.0 Å². The van der Waals surface area contributed by atoms with Crippen LogP contribution in [0.5, 0.6) is 0 Å². The number of carbonyl (C=O) groups excluding carboxylic acids is 1. The summed E-state index contributed by atoms with van der Waals surface area (Å²) in [4.78, 5) is 11.8. The Labute approximate surface area is 130 Å². The van der Waals surface area contributed by atoms with Crippen LogP contribution in [-0.2, 0) is 14.3 Å². The lowest BCUT2D eigenvalue weighted by Gasteiger charge is -2.18. The van der Waals surface area contributed by atoms with Crippen molar-refractivity contribution in [2.75, 3.05) is 26.9 Å². The highest BCUT2D eigenvalue weighted by atomic mass is 16.5. The van der Waals surface area contributed by atoms with Crippen LogP contribution in [0, 0.1) is 5.92 Å². The summed E-state index contributed by atoms with van der Waals surface area (Å²) in [5, 5.41) is 3.05. The van der Waals surface area contributed by atoms with E-state index < -0.39 is 0 Å². The molecule has 0 radical (unpaired) electrons. The number of unbranched alkanes of at least 4 members (excludes halogenated alkanes) is 5. The van der Waals surface area contributed by atoms with Crippen molar-refractivity contribution in [3.05, 3.63) is 0 Å². The van der Waals surface area contributed by atoms with Crippen molar-refractivity contribution in [2.45, 2.75) is 70.8 Å². The van der Waals surface area contributed by atoms with Crippen molar-refractivity contribution in [3.8, 4) is 0 Å². The van der Waals surface area contributed by atoms with E-state index in [1.807, 2.05) is 0 Å². The molecular weight excluding hydrogens is 266 g/mol. The first-order valence-electron chi connectivity index (χ1n) is 8.63. The van der Waals surface area contributed by atoms with Gasteiger partial charge in [0.1, 0.15) is 0 Å². The number of methoxy groups -OCH3 is 1. The second kappa shape index (κ2) is 12.0. The molecule has 1 fully saturated rings. The fourth-order valence-corrected chi connectivity index (χ4v) is 2.79. The Balaban J connectivity index is 2.06. The van der Waals surface area contributed by atoms with Gasteiger partial charge in [0, 0.05) is 32.6 Å². The molecule has 1 saturated heterocycles. The van der Waals surface area contributed by atoms with Gasteiger partial charge in [-0.1, -0.05) is 39.0 Å². The highest BCUT2D eigenvalue weighted by Crippen LogP contribution is 2.16. The minimum absolute atomic E-state index is 0.184. The van der Waals surface area contributed by atoms with Crippen LogP contribution >= 0.6 is 0 Å². The first-order chi connectivity index (χ1) is 10.3. The van der Waals surface area contributed by atoms with Gasteiger partial charge in [-0.15, -0.1) is 0 Å². The topological polar surface area (TPSA) is 47.6 Å². The Morgan fingerprint density at radius 1 is 1.24 bits per heavy atom. The minimum atomic E-state index is 0.184. The maximum Gasteiger partial charge on any atom is 0.220 e. The molecule has 1 amide bonds. The Kier molecular flexibility index (Phi) is 10.5. The van der Waals surface area contributed by atoms with Gasteiger partial charge in [-0.05, 0) is 19.3 Å². The maximum absolute atomic E-state index is 11.8. The molecule has 21 heavy (non-hydrogen) atoms. The molecule has 0 aromatic heterocycles. The summed E-state index contributed by atoms with van der Waals surface area (Å²) < 4.78 is 11.0. The molecule has 2 atom stereocenters. The van der Waals surface area contributed by atoms with Crippen LogP contribution in [-0.4, -0.2) is 38.9 Å². The Morgan fingerprint density at radius 3 is 2.76 bits per heavy atom. The average molecular weight is 299 g/mol. The van der Waals surface area contributed by atoms with Crippen LogP contribution in [0.4, 0.5) is 0 Å². The van der Waals surface area contributed by atoms with E-state index in [4.69, 9.17) is 9.47 Å². The van der Waals surface area contributed by atoms with Crippen LogP contribution < -0.4 is 5.32 Å². The van der Waals surface area contributed by atoms with Crippen molar-refractivity contribution >= 4 is 5.91 Å². The zero-order chi connectivity index (χ0) is 15.3. The molecule has 0 bridgehead atoms. The predicted molar refractivity (Wildman–Crippen MR) is 85.3 cm³/mol. The smallest absolute Gasteiger partial charge is 0.220 e. The van der Waals surface area contributed by atoms with Crippen molar-refractivity contribution < 1.29 is 14.3 Å². The number of carbonyl (C=O) groups is 1. The van der Waals surface area contributed by atoms with E-state index in [1.54, 1.807) is 7.11 Å². The van der Waals surface area contributed by atoms with Gasteiger partial charge in [-0.25, -0.2) is 0 Å². The average Bonchev–Trinajstić information content (AvgIpc) is 2.74. The Hall–Kier alpha value is -0.610. The number of hydrogen-bond donors (Lipinski definition) is 1. The molecule has 1 heterocycles. The molecule has 1 aliphatic rings. The van der Waals surface area contributed by atoms with Gasteiger partial charge < -0.3 is 14.8 Å². The zero-order valence-electron chi connectivity index (χ0n) is 13.9. The van der Waals surface area contributed by atoms with Crippen molar-refractivity contribution in [1.82, 2.24) is 5.32 Å². The molecule has 4 nitrogen and oxygen atoms in total. The number of rotatable bonds is 10. The third kappa shape index (κ3) is 9.10. The fourth-order valence-electron chi connectivity index (χ4n) is 2.79. The molecule has 1 rings (SSSR count). The van der Waals surface area contributed by atoms with E-state index in [2.05, 4.69) is 12.2 Å². The Bertz CT molecular complexity index is 271. The summed E-state index contributed by atoms with van der Waals surface area (Å²) in [5.41, 5.74) is 0. The van der Waals surface area contributed by atoms with Crippen LogP contribution in [0.25, 0.3) is 0 Å². The largest absolute Gasteiger partial charge is 0.381 e. The number of nitrogens with one attached hydrogen (secondary N) is 1. The monoisotopic (exact) mass is 299 g/mol. The van der Waals surface area contributed by atoms with Gasteiger partial charge in [-0.3, -0.25) is 4.79 Å². The van der Waals surface area contributed by atoms with Gasteiger partial charge in [0.2, 0.25) is 5.91 Å². The van der Waals surface area contributed by atoms with E-state index in [1.165, 1.54) is 32.1 Å². The summed E-state index contributed by atoms with van der Waals surface area (Å²) in [7, 11) is 1.75. The van der Waals surface area contributed by atoms with E-state index >= 15 is 0 Å². The number of ether oxygens (including phenoxy) is 2. The van der Waals surface area contributed by atoms with Gasteiger partial charge in [-0.2, -0.15) is 0 Å². The third-order valence-corrected chi connectivity index (χ3v) is 4.21. The molecule has 1 aliphatic heterocycles. The van der Waals surface area contributed by atoms with E-state index in [0.717, 1.165) is 32.5 Å². The Morgan fingerprint density at radius 2 is 2.00 bits per heavy atom. The molecule has 1 N–H and O–H groups in total. The number of hydrogen-bond acceptors (Lipinski definition) is 3. The van der Waals surface area contributed by atoms with Crippen LogP contribution in [0.2, 0.25) is 0 Å². The standard InChI is InChI=1S/C17H33NO3/c1-3-4-5-6-7-8-9-17(19)18-13-15-12-16(20-2)10-11-21-14-15/h15-16H,3-14H2,1-2H3,(H,18,19)/t15-,16-/m1/s1. The van der Waals surface area contributed by atoms with E-state index in [9.17, 15) is 4.79 Å². The lowest BCUT2D eigenvalue weighted by Crippen LogP contribution is -2.32. The van der Waals surface area contributed by atoms with Gasteiger partial charge in [0.15, 0.2) is 0 Å². The quantitative estimate of drug-likeness (QED) is 0.630. The summed E-state index contributed by atoms with van der Waals surface area (Å²) in [6.45, 7) is 4.44. The molecule has 0 aliphatic carbocycles. The summed E-state index contributed by atoms with van der Waals surface area (Å²) in [6.07, 6.45) is 10.2. The molecule has 0 aromatic carbocycles. The fraction of sp³-hybridized carbons (Fsp3) is 0.941. The van der Waals surface area contributed by atoms with Gasteiger partial charge >= 0.3 is 0 Å². The second-order valence-corrected chi connectivity index (χ2v) is 6.14. The minimum Gasteiger partial charge on any atom is -0.381 e. The first-order valence-corrected chi connectivity index (χ1v) is 8.63. The van der Waals surface area contributed by atoms with Crippen molar-refractivity contribution in [2.24, 2.45) is 5.92 Å². The first kappa shape index (κ1) is 18.4. The lowest BCUT2D eigenvalue weighted by atomic mass is 10.0. The molecule has 0 unspecified atom stereocenters. The second-order valence-electron chi connectivity index (χ2n) is 6.14. The lowest BCUT2D eigenvalue weighted by molar-refractivity contribution is -0.121. The van der Waals surface area contributed by atoms with E-state index in [0.29, 0.717) is 18.9 Å². The highest BCUT2D eigenvalue weighted by molar-refractivity contribution is 5.75. The zero-order valence-corrected chi connectivity index (χ0v) is 13.9. The van der Waals surface area contributed by atoms with Crippen LogP contribution in [0.15, 0.2) is 0 Å². The normalized spacial score (nSPS) is 22.8.